The van der Waals surface area contributed by atoms with Crippen LogP contribution in [0.4, 0.5) is 14.5 Å². The fourth-order valence-electron chi connectivity index (χ4n) is 2.33. The molecule has 3 aromatic carbocycles. The highest BCUT2D eigenvalue weighted by Crippen LogP contribution is 2.25. The number of para-hydroxylation sites is 2. The lowest BCUT2D eigenvalue weighted by Gasteiger charge is -2.11. The number of carbonyl (C=O) groups excluding carboxylic acids is 2. The maximum atomic E-state index is 13.5. The van der Waals surface area contributed by atoms with Crippen molar-refractivity contribution in [2.45, 2.75) is 0 Å². The SMILES string of the molecule is O=C(COC(=O)c1ccccc1Oc1ccccc1)Nc1cc(F)ccc1F. The molecule has 0 saturated carbocycles. The van der Waals surface area contributed by atoms with E-state index in [4.69, 9.17) is 9.47 Å². The van der Waals surface area contributed by atoms with Crippen LogP contribution in [-0.2, 0) is 9.53 Å². The van der Waals surface area contributed by atoms with E-state index >= 15 is 0 Å². The molecule has 0 atom stereocenters. The molecule has 28 heavy (non-hydrogen) atoms. The minimum absolute atomic E-state index is 0.121. The highest BCUT2D eigenvalue weighted by Gasteiger charge is 2.16. The number of anilines is 1. The van der Waals surface area contributed by atoms with Crippen LogP contribution in [0.15, 0.2) is 72.8 Å². The number of esters is 1. The molecule has 0 aliphatic carbocycles. The molecule has 0 radical (unpaired) electrons. The molecule has 0 aromatic heterocycles. The first-order chi connectivity index (χ1) is 13.5. The molecule has 0 aliphatic heterocycles. The van der Waals surface area contributed by atoms with Crippen molar-refractivity contribution in [3.63, 3.8) is 0 Å². The Kier molecular flexibility index (Phi) is 5.96. The van der Waals surface area contributed by atoms with Gasteiger partial charge >= 0.3 is 5.97 Å². The Morgan fingerprint density at radius 3 is 2.39 bits per heavy atom. The number of rotatable bonds is 6. The van der Waals surface area contributed by atoms with E-state index in [1.54, 1.807) is 42.5 Å². The van der Waals surface area contributed by atoms with Crippen molar-refractivity contribution >= 4 is 17.6 Å². The van der Waals surface area contributed by atoms with Crippen LogP contribution >= 0.6 is 0 Å². The molecule has 0 saturated heterocycles. The van der Waals surface area contributed by atoms with Gasteiger partial charge in [0, 0.05) is 6.07 Å². The van der Waals surface area contributed by atoms with Gasteiger partial charge in [-0.05, 0) is 36.4 Å². The molecule has 0 bridgehead atoms. The number of nitrogens with one attached hydrogen (secondary N) is 1. The Morgan fingerprint density at radius 1 is 0.893 bits per heavy atom. The van der Waals surface area contributed by atoms with E-state index in [-0.39, 0.29) is 17.0 Å². The largest absolute Gasteiger partial charge is 0.456 e. The molecule has 142 valence electrons. The lowest BCUT2D eigenvalue weighted by Crippen LogP contribution is -2.21. The van der Waals surface area contributed by atoms with Crippen LogP contribution in [0.5, 0.6) is 11.5 Å². The van der Waals surface area contributed by atoms with E-state index < -0.39 is 30.1 Å². The zero-order chi connectivity index (χ0) is 19.9. The zero-order valence-corrected chi connectivity index (χ0v) is 14.5. The summed E-state index contributed by atoms with van der Waals surface area (Å²) in [7, 11) is 0. The number of amides is 1. The van der Waals surface area contributed by atoms with Gasteiger partial charge in [-0.15, -0.1) is 0 Å². The van der Waals surface area contributed by atoms with Crippen LogP contribution in [0.1, 0.15) is 10.4 Å². The maximum Gasteiger partial charge on any atom is 0.342 e. The summed E-state index contributed by atoms with van der Waals surface area (Å²) in [5.74, 6) is -2.32. The molecule has 3 rings (SSSR count). The van der Waals surface area contributed by atoms with Gasteiger partial charge in [-0.1, -0.05) is 30.3 Å². The molecule has 5 nitrogen and oxygen atoms in total. The quantitative estimate of drug-likeness (QED) is 0.634. The number of hydrogen-bond donors (Lipinski definition) is 1. The Balaban J connectivity index is 1.63. The lowest BCUT2D eigenvalue weighted by atomic mass is 10.2. The van der Waals surface area contributed by atoms with Gasteiger partial charge in [-0.2, -0.15) is 0 Å². The Hall–Kier alpha value is -3.74. The van der Waals surface area contributed by atoms with E-state index in [0.29, 0.717) is 5.75 Å². The highest BCUT2D eigenvalue weighted by molar-refractivity contribution is 5.96. The summed E-state index contributed by atoms with van der Waals surface area (Å²) in [6.45, 7) is -0.672. The second-order valence-corrected chi connectivity index (χ2v) is 5.66. The topological polar surface area (TPSA) is 64.6 Å². The Bertz CT molecular complexity index is 993. The summed E-state index contributed by atoms with van der Waals surface area (Å²) in [6, 6.07) is 17.9. The van der Waals surface area contributed by atoms with Crippen molar-refractivity contribution in [1.82, 2.24) is 0 Å². The van der Waals surface area contributed by atoms with Crippen molar-refractivity contribution in [2.24, 2.45) is 0 Å². The molecule has 0 heterocycles. The van der Waals surface area contributed by atoms with E-state index in [2.05, 4.69) is 5.32 Å². The predicted octanol–water partition coefficient (Wildman–Crippen LogP) is 4.55. The Labute approximate surface area is 159 Å². The number of carbonyl (C=O) groups is 2. The lowest BCUT2D eigenvalue weighted by molar-refractivity contribution is -0.119. The van der Waals surface area contributed by atoms with Crippen LogP contribution in [0.25, 0.3) is 0 Å². The maximum absolute atomic E-state index is 13.5. The molecule has 0 unspecified atom stereocenters. The second-order valence-electron chi connectivity index (χ2n) is 5.66. The van der Waals surface area contributed by atoms with Gasteiger partial charge in [0.15, 0.2) is 6.61 Å². The van der Waals surface area contributed by atoms with Crippen molar-refractivity contribution < 1.29 is 27.8 Å². The summed E-state index contributed by atoms with van der Waals surface area (Å²) in [5, 5.41) is 2.15. The average molecular weight is 383 g/mol. The molecule has 1 N–H and O–H groups in total. The number of hydrogen-bond acceptors (Lipinski definition) is 4. The standard InChI is InChI=1S/C21H15F2NO4/c22-14-10-11-17(23)18(12-14)24-20(25)13-27-21(26)16-8-4-5-9-19(16)28-15-6-2-1-3-7-15/h1-12H,13H2,(H,24,25). The average Bonchev–Trinajstić information content (AvgIpc) is 2.70. The Morgan fingerprint density at radius 2 is 1.61 bits per heavy atom. The summed E-state index contributed by atoms with van der Waals surface area (Å²) in [4.78, 5) is 24.2. The van der Waals surface area contributed by atoms with Crippen LogP contribution in [0.2, 0.25) is 0 Å². The van der Waals surface area contributed by atoms with Gasteiger partial charge < -0.3 is 14.8 Å². The summed E-state index contributed by atoms with van der Waals surface area (Å²) in [5.41, 5.74) is -0.218. The van der Waals surface area contributed by atoms with Crippen LogP contribution in [-0.4, -0.2) is 18.5 Å². The molecule has 7 heteroatoms. The molecule has 0 aliphatic rings. The zero-order valence-electron chi connectivity index (χ0n) is 14.5. The first-order valence-corrected chi connectivity index (χ1v) is 8.27. The number of ether oxygens (including phenoxy) is 2. The van der Waals surface area contributed by atoms with Crippen LogP contribution in [0.3, 0.4) is 0 Å². The van der Waals surface area contributed by atoms with Crippen molar-refractivity contribution in [3.05, 3.63) is 90.0 Å². The van der Waals surface area contributed by atoms with Gasteiger partial charge in [0.2, 0.25) is 0 Å². The van der Waals surface area contributed by atoms with Crippen molar-refractivity contribution in [3.8, 4) is 11.5 Å². The molecule has 0 fully saturated rings. The van der Waals surface area contributed by atoms with E-state index in [0.717, 1.165) is 18.2 Å². The van der Waals surface area contributed by atoms with Gasteiger partial charge in [0.1, 0.15) is 28.7 Å². The highest BCUT2D eigenvalue weighted by atomic mass is 19.1. The molecule has 3 aromatic rings. The van der Waals surface area contributed by atoms with E-state index in [1.165, 1.54) is 6.07 Å². The van der Waals surface area contributed by atoms with E-state index in [9.17, 15) is 18.4 Å². The fraction of sp³-hybridized carbons (Fsp3) is 0.0476. The van der Waals surface area contributed by atoms with E-state index in [1.807, 2.05) is 6.07 Å². The second kappa shape index (κ2) is 8.77. The number of benzene rings is 3. The molecule has 0 spiro atoms. The van der Waals surface area contributed by atoms with Gasteiger partial charge in [-0.3, -0.25) is 4.79 Å². The minimum Gasteiger partial charge on any atom is -0.456 e. The predicted molar refractivity (Wildman–Crippen MR) is 98.2 cm³/mol. The third-order valence-electron chi connectivity index (χ3n) is 3.61. The van der Waals surface area contributed by atoms with Crippen LogP contribution in [0, 0.1) is 11.6 Å². The smallest absolute Gasteiger partial charge is 0.342 e. The molecule has 1 amide bonds. The monoisotopic (exact) mass is 383 g/mol. The van der Waals surface area contributed by atoms with Gasteiger partial charge in [-0.25, -0.2) is 13.6 Å². The third kappa shape index (κ3) is 4.91. The first-order valence-electron chi connectivity index (χ1n) is 8.27. The molecular weight excluding hydrogens is 368 g/mol. The number of halogens is 2. The fourth-order valence-corrected chi connectivity index (χ4v) is 2.33. The van der Waals surface area contributed by atoms with Gasteiger partial charge in [0.05, 0.1) is 5.69 Å². The van der Waals surface area contributed by atoms with Crippen LogP contribution < -0.4 is 10.1 Å². The first kappa shape index (κ1) is 19.0. The molecular formula is C21H15F2NO4. The van der Waals surface area contributed by atoms with Crippen molar-refractivity contribution in [2.75, 3.05) is 11.9 Å². The minimum atomic E-state index is -0.806. The summed E-state index contributed by atoms with van der Waals surface area (Å²) < 4.78 is 37.3. The normalized spacial score (nSPS) is 10.2. The van der Waals surface area contributed by atoms with Crippen molar-refractivity contribution in [1.29, 1.82) is 0 Å². The van der Waals surface area contributed by atoms with Gasteiger partial charge in [0.25, 0.3) is 5.91 Å². The third-order valence-corrected chi connectivity index (χ3v) is 3.61. The summed E-state index contributed by atoms with van der Waals surface area (Å²) in [6.07, 6.45) is 0. The summed E-state index contributed by atoms with van der Waals surface area (Å²) >= 11 is 0.